The van der Waals surface area contributed by atoms with Gasteiger partial charge in [-0.1, -0.05) is 6.92 Å². The standard InChI is InChI=1S/C14H24N2O4/c1-2-14(13(18)19)6-3-7-16(14)10-12(17)15-11-4-8-20-9-5-11/h11H,2-10H2,1H3,(H,15,17)(H,18,19). The third-order valence-electron chi connectivity index (χ3n) is 4.53. The van der Waals surface area contributed by atoms with Gasteiger partial charge in [0.15, 0.2) is 0 Å². The van der Waals surface area contributed by atoms with Crippen LogP contribution in [0.25, 0.3) is 0 Å². The van der Waals surface area contributed by atoms with Crippen LogP contribution in [0.5, 0.6) is 0 Å². The first-order valence-electron chi connectivity index (χ1n) is 7.44. The van der Waals surface area contributed by atoms with Crippen LogP contribution in [0.15, 0.2) is 0 Å². The molecule has 2 aliphatic heterocycles. The molecule has 1 amide bonds. The maximum atomic E-state index is 12.1. The van der Waals surface area contributed by atoms with Gasteiger partial charge < -0.3 is 15.2 Å². The lowest BCUT2D eigenvalue weighted by atomic mass is 9.93. The highest BCUT2D eigenvalue weighted by Gasteiger charge is 2.46. The van der Waals surface area contributed by atoms with E-state index >= 15 is 0 Å². The van der Waals surface area contributed by atoms with Crippen LogP contribution in [0, 0.1) is 0 Å². The number of hydrogen-bond donors (Lipinski definition) is 2. The minimum absolute atomic E-state index is 0.0714. The molecule has 0 aromatic carbocycles. The highest BCUT2D eigenvalue weighted by Crippen LogP contribution is 2.32. The predicted octanol–water partition coefficient (Wildman–Crippen LogP) is 0.611. The van der Waals surface area contributed by atoms with Crippen LogP contribution in [-0.2, 0) is 14.3 Å². The molecule has 2 N–H and O–H groups in total. The van der Waals surface area contributed by atoms with Gasteiger partial charge in [-0.3, -0.25) is 14.5 Å². The van der Waals surface area contributed by atoms with Gasteiger partial charge in [0.1, 0.15) is 5.54 Å². The molecule has 2 saturated heterocycles. The van der Waals surface area contributed by atoms with Gasteiger partial charge in [-0.2, -0.15) is 0 Å². The van der Waals surface area contributed by atoms with Crippen LogP contribution >= 0.6 is 0 Å². The highest BCUT2D eigenvalue weighted by atomic mass is 16.5. The first-order chi connectivity index (χ1) is 9.58. The monoisotopic (exact) mass is 284 g/mol. The van der Waals surface area contributed by atoms with Crippen LogP contribution in [0.1, 0.15) is 39.0 Å². The second kappa shape index (κ2) is 6.54. The van der Waals surface area contributed by atoms with Gasteiger partial charge in [0.25, 0.3) is 0 Å². The van der Waals surface area contributed by atoms with Crippen LogP contribution in [-0.4, -0.2) is 59.8 Å². The van der Waals surface area contributed by atoms with E-state index in [1.165, 1.54) is 0 Å². The molecule has 6 nitrogen and oxygen atoms in total. The number of hydrogen-bond acceptors (Lipinski definition) is 4. The van der Waals surface area contributed by atoms with Crippen molar-refractivity contribution in [2.24, 2.45) is 0 Å². The zero-order valence-corrected chi connectivity index (χ0v) is 12.1. The maximum absolute atomic E-state index is 12.1. The Hall–Kier alpha value is -1.14. The third-order valence-corrected chi connectivity index (χ3v) is 4.53. The molecule has 0 saturated carbocycles. The summed E-state index contributed by atoms with van der Waals surface area (Å²) in [6.45, 7) is 4.10. The zero-order valence-electron chi connectivity index (χ0n) is 12.1. The van der Waals surface area contributed by atoms with Gasteiger partial charge in [-0.25, -0.2) is 0 Å². The highest BCUT2D eigenvalue weighted by molar-refractivity contribution is 5.82. The van der Waals surface area contributed by atoms with E-state index in [9.17, 15) is 14.7 Å². The van der Waals surface area contributed by atoms with E-state index in [1.807, 2.05) is 11.8 Å². The van der Waals surface area contributed by atoms with Crippen molar-refractivity contribution in [3.05, 3.63) is 0 Å². The molecule has 0 radical (unpaired) electrons. The van der Waals surface area contributed by atoms with E-state index < -0.39 is 11.5 Å². The Balaban J connectivity index is 1.90. The summed E-state index contributed by atoms with van der Waals surface area (Å²) in [5.41, 5.74) is -0.854. The van der Waals surface area contributed by atoms with Gasteiger partial charge >= 0.3 is 5.97 Å². The summed E-state index contributed by atoms with van der Waals surface area (Å²) < 4.78 is 5.26. The summed E-state index contributed by atoms with van der Waals surface area (Å²) >= 11 is 0. The molecule has 0 aliphatic carbocycles. The van der Waals surface area contributed by atoms with Crippen molar-refractivity contribution in [1.29, 1.82) is 0 Å². The van der Waals surface area contributed by atoms with Gasteiger partial charge in [0.2, 0.25) is 5.91 Å². The summed E-state index contributed by atoms with van der Waals surface area (Å²) in [5.74, 6) is -0.880. The molecule has 1 atom stereocenters. The number of ether oxygens (including phenoxy) is 1. The zero-order chi connectivity index (χ0) is 14.6. The smallest absolute Gasteiger partial charge is 0.324 e. The molecule has 0 aromatic rings. The number of amides is 1. The number of carbonyl (C=O) groups is 2. The molecule has 114 valence electrons. The molecular formula is C14H24N2O4. The van der Waals surface area contributed by atoms with Crippen molar-refractivity contribution in [3.63, 3.8) is 0 Å². The SMILES string of the molecule is CCC1(C(=O)O)CCCN1CC(=O)NC1CCOCC1. The minimum Gasteiger partial charge on any atom is -0.480 e. The largest absolute Gasteiger partial charge is 0.480 e. The second-order valence-electron chi connectivity index (χ2n) is 5.67. The van der Waals surface area contributed by atoms with Crippen molar-refractivity contribution < 1.29 is 19.4 Å². The Kier molecular flexibility index (Phi) is 4.99. The normalized spacial score (nSPS) is 28.4. The fraction of sp³-hybridized carbons (Fsp3) is 0.857. The molecule has 2 heterocycles. The average Bonchev–Trinajstić information content (AvgIpc) is 2.83. The lowest BCUT2D eigenvalue weighted by Crippen LogP contribution is -2.54. The maximum Gasteiger partial charge on any atom is 0.324 e. The minimum atomic E-state index is -0.854. The van der Waals surface area contributed by atoms with E-state index in [0.29, 0.717) is 32.6 Å². The first kappa shape index (κ1) is 15.3. The van der Waals surface area contributed by atoms with Crippen molar-refractivity contribution in [2.75, 3.05) is 26.3 Å². The lowest BCUT2D eigenvalue weighted by molar-refractivity contribution is -0.150. The molecule has 20 heavy (non-hydrogen) atoms. The van der Waals surface area contributed by atoms with Gasteiger partial charge in [0.05, 0.1) is 6.54 Å². The molecule has 0 bridgehead atoms. The van der Waals surface area contributed by atoms with E-state index in [4.69, 9.17) is 4.74 Å². The number of likely N-dealkylation sites (tertiary alicyclic amines) is 1. The summed E-state index contributed by atoms with van der Waals surface area (Å²) in [6, 6.07) is 0.166. The van der Waals surface area contributed by atoms with Crippen molar-refractivity contribution in [3.8, 4) is 0 Å². The quantitative estimate of drug-likeness (QED) is 0.773. The Morgan fingerprint density at radius 2 is 2.10 bits per heavy atom. The molecule has 6 heteroatoms. The lowest BCUT2D eigenvalue weighted by Gasteiger charge is -2.34. The predicted molar refractivity (Wildman–Crippen MR) is 73.4 cm³/mol. The molecule has 2 aliphatic rings. The van der Waals surface area contributed by atoms with E-state index in [1.54, 1.807) is 0 Å². The van der Waals surface area contributed by atoms with Gasteiger partial charge in [-0.15, -0.1) is 0 Å². The topological polar surface area (TPSA) is 78.9 Å². The third kappa shape index (κ3) is 3.12. The molecule has 2 fully saturated rings. The molecule has 1 unspecified atom stereocenters. The van der Waals surface area contributed by atoms with E-state index in [-0.39, 0.29) is 18.5 Å². The number of carbonyl (C=O) groups excluding carboxylic acids is 1. The summed E-state index contributed by atoms with van der Waals surface area (Å²) in [5, 5.41) is 12.5. The van der Waals surface area contributed by atoms with Crippen molar-refractivity contribution >= 4 is 11.9 Å². The molecule has 2 rings (SSSR count). The summed E-state index contributed by atoms with van der Waals surface area (Å²) in [7, 11) is 0. The van der Waals surface area contributed by atoms with Crippen molar-refractivity contribution in [2.45, 2.75) is 50.6 Å². The number of carboxylic acids is 1. The number of carboxylic acid groups (broad SMARTS) is 1. The Morgan fingerprint density at radius 1 is 1.40 bits per heavy atom. The number of nitrogens with one attached hydrogen (secondary N) is 1. The van der Waals surface area contributed by atoms with Crippen LogP contribution < -0.4 is 5.32 Å². The Labute approximate surface area is 119 Å². The number of nitrogens with zero attached hydrogens (tertiary/aromatic N) is 1. The number of rotatable bonds is 5. The average molecular weight is 284 g/mol. The summed E-state index contributed by atoms with van der Waals surface area (Å²) in [6.07, 6.45) is 3.67. The van der Waals surface area contributed by atoms with Crippen LogP contribution in [0.4, 0.5) is 0 Å². The van der Waals surface area contributed by atoms with E-state index in [2.05, 4.69) is 5.32 Å². The van der Waals surface area contributed by atoms with Crippen LogP contribution in [0.2, 0.25) is 0 Å². The van der Waals surface area contributed by atoms with E-state index in [0.717, 1.165) is 19.3 Å². The second-order valence-corrected chi connectivity index (χ2v) is 5.67. The van der Waals surface area contributed by atoms with Gasteiger partial charge in [0, 0.05) is 19.3 Å². The van der Waals surface area contributed by atoms with Crippen molar-refractivity contribution in [1.82, 2.24) is 10.2 Å². The Bertz CT molecular complexity index is 368. The molecular weight excluding hydrogens is 260 g/mol. The fourth-order valence-electron chi connectivity index (χ4n) is 3.25. The number of aliphatic carboxylic acids is 1. The molecule has 0 aromatic heterocycles. The van der Waals surface area contributed by atoms with Crippen LogP contribution in [0.3, 0.4) is 0 Å². The fourth-order valence-corrected chi connectivity index (χ4v) is 3.25. The Morgan fingerprint density at radius 3 is 2.70 bits per heavy atom. The molecule has 0 spiro atoms. The summed E-state index contributed by atoms with van der Waals surface area (Å²) in [4.78, 5) is 25.5. The first-order valence-corrected chi connectivity index (χ1v) is 7.44. The van der Waals surface area contributed by atoms with Gasteiger partial charge in [-0.05, 0) is 38.6 Å².